The van der Waals surface area contributed by atoms with Gasteiger partial charge in [0.05, 0.1) is 17.3 Å². The number of carbonyl (C=O) groups excluding carboxylic acids is 2. The molecule has 0 spiro atoms. The first kappa shape index (κ1) is 21.3. The highest BCUT2D eigenvalue weighted by atomic mass is 19.4. The average Bonchev–Trinajstić information content (AvgIpc) is 3.20. The highest BCUT2D eigenvalue weighted by Gasteiger charge is 2.38. The van der Waals surface area contributed by atoms with E-state index in [1.54, 1.807) is 6.92 Å². The van der Waals surface area contributed by atoms with E-state index in [1.165, 1.54) is 7.05 Å². The lowest BCUT2D eigenvalue weighted by molar-refractivity contribution is -0.143. The summed E-state index contributed by atoms with van der Waals surface area (Å²) in [7, 11) is 1.27. The Labute approximate surface area is 165 Å². The molecule has 1 saturated heterocycles. The quantitative estimate of drug-likeness (QED) is 0.421. The zero-order valence-electron chi connectivity index (χ0n) is 15.4. The Morgan fingerprint density at radius 2 is 1.57 bits per heavy atom. The van der Waals surface area contributed by atoms with Crippen LogP contribution in [0.3, 0.4) is 0 Å². The summed E-state index contributed by atoms with van der Waals surface area (Å²) in [5.74, 6) is -1.06. The molecule has 1 aliphatic rings. The lowest BCUT2D eigenvalue weighted by Gasteiger charge is -2.13. The van der Waals surface area contributed by atoms with Gasteiger partial charge in [0.15, 0.2) is 5.82 Å². The molecular formula is C17H13F6N5O2. The fourth-order valence-corrected chi connectivity index (χ4v) is 2.77. The topological polar surface area (TPSA) is 71.3 Å². The molecule has 2 heterocycles. The van der Waals surface area contributed by atoms with Crippen molar-refractivity contribution in [3.05, 3.63) is 41.4 Å². The Bertz CT molecular complexity index is 1010. The van der Waals surface area contributed by atoms with Gasteiger partial charge in [-0.25, -0.2) is 14.5 Å². The van der Waals surface area contributed by atoms with Crippen molar-refractivity contribution < 1.29 is 35.9 Å². The van der Waals surface area contributed by atoms with Crippen LogP contribution in [-0.2, 0) is 17.1 Å². The van der Waals surface area contributed by atoms with Gasteiger partial charge in [0.1, 0.15) is 12.0 Å². The number of carbonyl (C=O) groups is 2. The zero-order chi connectivity index (χ0) is 22.4. The van der Waals surface area contributed by atoms with E-state index in [9.17, 15) is 35.9 Å². The number of amides is 3. The number of alkyl halides is 6. The minimum Gasteiger partial charge on any atom is -0.288 e. The molecule has 0 aliphatic carbocycles. The van der Waals surface area contributed by atoms with Crippen molar-refractivity contribution >= 4 is 18.1 Å². The van der Waals surface area contributed by atoms with E-state index in [2.05, 4.69) is 10.1 Å². The van der Waals surface area contributed by atoms with Crippen LogP contribution in [0.2, 0.25) is 0 Å². The molecule has 1 aromatic carbocycles. The first-order valence-electron chi connectivity index (χ1n) is 8.35. The second-order valence-electron chi connectivity index (χ2n) is 6.25. The molecule has 2 aromatic rings. The van der Waals surface area contributed by atoms with Gasteiger partial charge < -0.3 is 0 Å². The number of rotatable bonds is 3. The normalized spacial score (nSPS) is 16.9. The van der Waals surface area contributed by atoms with Gasteiger partial charge in [-0.15, -0.1) is 5.10 Å². The summed E-state index contributed by atoms with van der Waals surface area (Å²) in [6.07, 6.45) is -7.91. The molecule has 1 aromatic heterocycles. The van der Waals surface area contributed by atoms with Crippen molar-refractivity contribution in [3.8, 4) is 11.4 Å². The number of urea groups is 1. The molecule has 0 bridgehead atoms. The van der Waals surface area contributed by atoms with Crippen LogP contribution in [0.25, 0.3) is 17.6 Å². The molecule has 7 nitrogen and oxygen atoms in total. The number of likely N-dealkylation sites (N-methyl/N-ethyl adjacent to an activating group) is 2. The maximum absolute atomic E-state index is 13.0. The van der Waals surface area contributed by atoms with Crippen LogP contribution in [0, 0.1) is 0 Å². The van der Waals surface area contributed by atoms with Crippen LogP contribution in [0.5, 0.6) is 0 Å². The second-order valence-corrected chi connectivity index (χ2v) is 6.25. The summed E-state index contributed by atoms with van der Waals surface area (Å²) < 4.78 is 79.1. The van der Waals surface area contributed by atoms with E-state index in [1.807, 2.05) is 0 Å². The third kappa shape index (κ3) is 3.86. The molecule has 0 radical (unpaired) electrons. The molecule has 1 fully saturated rings. The fourth-order valence-electron chi connectivity index (χ4n) is 2.77. The highest BCUT2D eigenvalue weighted by Crippen LogP contribution is 2.38. The van der Waals surface area contributed by atoms with Crippen molar-refractivity contribution in [3.63, 3.8) is 0 Å². The Balaban J connectivity index is 2.04. The minimum absolute atomic E-state index is 0.000236. The van der Waals surface area contributed by atoms with E-state index in [-0.39, 0.29) is 18.3 Å². The number of hydrogen-bond acceptors (Lipinski definition) is 4. The Hall–Kier alpha value is -3.38. The number of benzene rings is 1. The maximum atomic E-state index is 13.0. The van der Waals surface area contributed by atoms with Crippen molar-refractivity contribution in [2.75, 3.05) is 13.6 Å². The molecule has 3 amide bonds. The Kier molecular flexibility index (Phi) is 5.08. The molecule has 0 unspecified atom stereocenters. The number of hydrogen-bond donors (Lipinski definition) is 0. The predicted octanol–water partition coefficient (Wildman–Crippen LogP) is 3.70. The van der Waals surface area contributed by atoms with Gasteiger partial charge in [0, 0.05) is 19.2 Å². The van der Waals surface area contributed by atoms with Gasteiger partial charge in [-0.3, -0.25) is 14.6 Å². The minimum atomic E-state index is -5.01. The standard InChI is InChI=1S/C17H13F6N5O2/c1-3-28-12(14(29)26(2)15(28)30)7-27-8-24-13(25-27)9-4-10(16(18,19)20)6-11(5-9)17(21,22)23/h4-8H,3H2,1-2H3. The Morgan fingerprint density at radius 1 is 1.00 bits per heavy atom. The molecule has 160 valence electrons. The van der Waals surface area contributed by atoms with Gasteiger partial charge >= 0.3 is 18.4 Å². The van der Waals surface area contributed by atoms with E-state index in [0.29, 0.717) is 12.1 Å². The molecular weight excluding hydrogens is 420 g/mol. The predicted molar refractivity (Wildman–Crippen MR) is 90.3 cm³/mol. The number of halogens is 6. The SMILES string of the molecule is CCN1C(=O)N(C)C(=O)C1=Cn1cnc(-c2cc(C(F)(F)F)cc(C(F)(F)F)c2)n1. The molecule has 13 heteroatoms. The van der Waals surface area contributed by atoms with Crippen molar-refractivity contribution in [2.45, 2.75) is 19.3 Å². The Morgan fingerprint density at radius 3 is 2.07 bits per heavy atom. The molecule has 3 rings (SSSR count). The third-order valence-corrected chi connectivity index (χ3v) is 4.26. The third-order valence-electron chi connectivity index (χ3n) is 4.26. The average molecular weight is 433 g/mol. The summed E-state index contributed by atoms with van der Waals surface area (Å²) in [5.41, 5.74) is -3.58. The van der Waals surface area contributed by atoms with Gasteiger partial charge in [0.2, 0.25) is 0 Å². The van der Waals surface area contributed by atoms with Gasteiger partial charge in [-0.1, -0.05) is 0 Å². The number of aromatic nitrogens is 3. The number of imide groups is 1. The first-order chi connectivity index (χ1) is 13.8. The molecule has 30 heavy (non-hydrogen) atoms. The largest absolute Gasteiger partial charge is 0.416 e. The van der Waals surface area contributed by atoms with Gasteiger partial charge in [0.25, 0.3) is 5.91 Å². The van der Waals surface area contributed by atoms with E-state index in [4.69, 9.17) is 0 Å². The lowest BCUT2D eigenvalue weighted by Crippen LogP contribution is -2.29. The first-order valence-corrected chi connectivity index (χ1v) is 8.35. The van der Waals surface area contributed by atoms with E-state index in [0.717, 1.165) is 27.0 Å². The monoisotopic (exact) mass is 433 g/mol. The smallest absolute Gasteiger partial charge is 0.288 e. The summed E-state index contributed by atoms with van der Waals surface area (Å²) in [5, 5.41) is 3.83. The summed E-state index contributed by atoms with van der Waals surface area (Å²) in [4.78, 5) is 29.9. The summed E-state index contributed by atoms with van der Waals surface area (Å²) in [6, 6.07) is 0.415. The molecule has 0 atom stereocenters. The fraction of sp³-hybridized carbons (Fsp3) is 0.294. The molecule has 0 saturated carbocycles. The van der Waals surface area contributed by atoms with Crippen LogP contribution >= 0.6 is 0 Å². The summed E-state index contributed by atoms with van der Waals surface area (Å²) in [6.45, 7) is 1.77. The maximum Gasteiger partial charge on any atom is 0.416 e. The van der Waals surface area contributed by atoms with Crippen LogP contribution in [0.4, 0.5) is 31.1 Å². The van der Waals surface area contributed by atoms with E-state index < -0.39 is 46.8 Å². The lowest BCUT2D eigenvalue weighted by atomic mass is 10.0. The number of nitrogens with zero attached hydrogens (tertiary/aromatic N) is 5. The van der Waals surface area contributed by atoms with Crippen LogP contribution < -0.4 is 0 Å². The van der Waals surface area contributed by atoms with Crippen molar-refractivity contribution in [2.24, 2.45) is 0 Å². The van der Waals surface area contributed by atoms with Crippen molar-refractivity contribution in [1.82, 2.24) is 24.6 Å². The summed E-state index contributed by atoms with van der Waals surface area (Å²) >= 11 is 0. The van der Waals surface area contributed by atoms with Gasteiger partial charge in [-0.2, -0.15) is 26.3 Å². The molecule has 0 N–H and O–H groups in total. The zero-order valence-corrected chi connectivity index (χ0v) is 15.4. The van der Waals surface area contributed by atoms with Crippen LogP contribution in [0.1, 0.15) is 18.1 Å². The van der Waals surface area contributed by atoms with Crippen molar-refractivity contribution in [1.29, 1.82) is 0 Å². The van der Waals surface area contributed by atoms with E-state index >= 15 is 0 Å². The molecule has 1 aliphatic heterocycles. The van der Waals surface area contributed by atoms with Crippen LogP contribution in [-0.4, -0.2) is 50.1 Å². The second kappa shape index (κ2) is 7.15. The highest BCUT2D eigenvalue weighted by molar-refractivity contribution is 6.12. The van der Waals surface area contributed by atoms with Crippen LogP contribution in [0.15, 0.2) is 30.2 Å². The van der Waals surface area contributed by atoms with Gasteiger partial charge in [-0.05, 0) is 25.1 Å².